The van der Waals surface area contributed by atoms with Crippen LogP contribution in [0, 0.1) is 0 Å². The Balaban J connectivity index is 0.000000305. The zero-order valence-electron chi connectivity index (χ0n) is 14.8. The molecule has 0 amide bonds. The third-order valence-corrected chi connectivity index (χ3v) is 5.31. The van der Waals surface area contributed by atoms with E-state index in [9.17, 15) is 26.3 Å². The Kier molecular flexibility index (Phi) is 4.89. The zero-order valence-corrected chi connectivity index (χ0v) is 15.6. The second kappa shape index (κ2) is 7.28. The Hall–Kier alpha value is -3.14. The van der Waals surface area contributed by atoms with Crippen LogP contribution in [-0.4, -0.2) is 10.1 Å². The van der Waals surface area contributed by atoms with Crippen LogP contribution in [0.2, 0.25) is 0 Å². The number of fused-ring (bicyclic) bond motifs is 1. The lowest BCUT2D eigenvalue weighted by Gasteiger charge is -2.10. The van der Waals surface area contributed by atoms with E-state index in [-0.39, 0.29) is 22.2 Å². The lowest BCUT2D eigenvalue weighted by molar-refractivity contribution is -0.137. The Morgan fingerprint density at radius 3 is 1.90 bits per heavy atom. The summed E-state index contributed by atoms with van der Waals surface area (Å²) >= 11 is 0.408. The summed E-state index contributed by atoms with van der Waals surface area (Å²) in [5.74, 6) is -0.332. The van der Waals surface area contributed by atoms with E-state index in [1.807, 2.05) is 0 Å². The van der Waals surface area contributed by atoms with E-state index < -0.39 is 22.8 Å². The number of nitrogens with zero attached hydrogens (tertiary/aromatic N) is 2. The van der Waals surface area contributed by atoms with Crippen molar-refractivity contribution in [2.45, 2.75) is 12.4 Å². The second-order valence-corrected chi connectivity index (χ2v) is 7.32. The molecule has 0 fully saturated rings. The van der Waals surface area contributed by atoms with Gasteiger partial charge in [0.15, 0.2) is 0 Å². The summed E-state index contributed by atoms with van der Waals surface area (Å²) in [6.45, 7) is 0. The largest absolute Gasteiger partial charge is 0.425 e. The highest BCUT2D eigenvalue weighted by atomic mass is 32.1. The van der Waals surface area contributed by atoms with E-state index in [0.717, 1.165) is 24.3 Å². The Bertz CT molecular complexity index is 1150. The van der Waals surface area contributed by atoms with Gasteiger partial charge in [0, 0.05) is 5.56 Å². The highest BCUT2D eigenvalue weighted by molar-refractivity contribution is 7.15. The molecule has 2 aromatic heterocycles. The molecule has 3 nitrogen and oxygen atoms in total. The molecule has 0 bridgehead atoms. The average Bonchev–Trinajstić information content (AvgIpc) is 3.33. The number of hydrogen-bond acceptors (Lipinski definition) is 4. The summed E-state index contributed by atoms with van der Waals surface area (Å²) in [7, 11) is 0. The molecule has 0 atom stereocenters. The summed E-state index contributed by atoms with van der Waals surface area (Å²) in [6.07, 6.45) is -9.02. The van der Waals surface area contributed by atoms with Crippen molar-refractivity contribution in [3.8, 4) is 33.3 Å². The van der Waals surface area contributed by atoms with Gasteiger partial charge in [-0.15, -0.1) is 11.3 Å². The molecule has 0 saturated heterocycles. The van der Waals surface area contributed by atoms with Crippen molar-refractivity contribution < 1.29 is 30.9 Å². The van der Waals surface area contributed by atoms with E-state index in [2.05, 4.69) is 34.4 Å². The summed E-state index contributed by atoms with van der Waals surface area (Å²) in [5.41, 5.74) is 2.01. The smallest absolute Gasteiger partial charge is 0.333 e. The van der Waals surface area contributed by atoms with Crippen molar-refractivity contribution in [1.82, 2.24) is 10.1 Å². The quantitative estimate of drug-likeness (QED) is 0.273. The summed E-state index contributed by atoms with van der Waals surface area (Å²) < 4.78 is 80.7. The predicted octanol–water partition coefficient (Wildman–Crippen LogP) is 7.17. The molecule has 2 aliphatic rings. The van der Waals surface area contributed by atoms with E-state index in [1.54, 1.807) is 0 Å². The minimum absolute atomic E-state index is 0.0485. The topological polar surface area (TPSA) is 38.9 Å². The van der Waals surface area contributed by atoms with Gasteiger partial charge in [0.2, 0.25) is 5.82 Å². The lowest BCUT2D eigenvalue weighted by Crippen LogP contribution is -2.04. The first kappa shape index (κ1) is 20.1. The number of alkyl halides is 6. The van der Waals surface area contributed by atoms with Crippen molar-refractivity contribution >= 4 is 11.3 Å². The van der Waals surface area contributed by atoms with Crippen LogP contribution in [-0.2, 0) is 12.4 Å². The monoisotopic (exact) mass is 440 g/mol. The molecule has 0 unspecified atom stereocenters. The number of hydrogen-bond donors (Lipinski definition) is 0. The fourth-order valence-corrected chi connectivity index (χ4v) is 3.34. The van der Waals surface area contributed by atoms with Crippen molar-refractivity contribution in [1.29, 1.82) is 0 Å². The van der Waals surface area contributed by atoms with Crippen LogP contribution in [0.5, 0.6) is 0 Å². The molecule has 10 heteroatoms. The fourth-order valence-electron chi connectivity index (χ4n) is 2.54. The van der Waals surface area contributed by atoms with Crippen LogP contribution in [0.3, 0.4) is 0 Å². The third-order valence-electron chi connectivity index (χ3n) is 4.19. The summed E-state index contributed by atoms with van der Waals surface area (Å²) in [5, 5.41) is 3.53. The normalized spacial score (nSPS) is 12.3. The predicted molar refractivity (Wildman–Crippen MR) is 98.5 cm³/mol. The van der Waals surface area contributed by atoms with Gasteiger partial charge in [0.25, 0.3) is 5.89 Å². The van der Waals surface area contributed by atoms with Crippen LogP contribution in [0.15, 0.2) is 65.2 Å². The molecule has 1 aromatic carbocycles. The van der Waals surface area contributed by atoms with Crippen LogP contribution in [0.4, 0.5) is 26.3 Å². The molecule has 0 N–H and O–H groups in total. The molecule has 5 rings (SSSR count). The zero-order chi connectivity index (χ0) is 21.5. The van der Waals surface area contributed by atoms with Gasteiger partial charge >= 0.3 is 12.4 Å². The highest BCUT2D eigenvalue weighted by Crippen LogP contribution is 2.38. The minimum Gasteiger partial charge on any atom is -0.333 e. The SMILES string of the molecule is FC(F)(F)c1cccc(-c2noc(-c3ccc(C(F)(F)F)s3)n2)c1.c1cc2ccc1-2. The van der Waals surface area contributed by atoms with E-state index in [4.69, 9.17) is 4.52 Å². The fraction of sp³-hybridized carbons (Fsp3) is 0.100. The van der Waals surface area contributed by atoms with Gasteiger partial charge in [0.1, 0.15) is 4.88 Å². The van der Waals surface area contributed by atoms with Gasteiger partial charge in [-0.1, -0.05) is 41.6 Å². The van der Waals surface area contributed by atoms with Gasteiger partial charge in [-0.05, 0) is 35.4 Å². The van der Waals surface area contributed by atoms with Crippen LogP contribution >= 0.6 is 11.3 Å². The Morgan fingerprint density at radius 2 is 1.40 bits per heavy atom. The lowest BCUT2D eigenvalue weighted by atomic mass is 9.95. The highest BCUT2D eigenvalue weighted by Gasteiger charge is 2.33. The standard InChI is InChI=1S/C14H6F6N2OS.C6H4/c15-13(16,17)8-3-1-2-7(6-8)11-21-12(23-22-11)9-4-5-10(24-9)14(18,19)20;1-2-6-4-3-5(1)6/h1-6H;1-4H. The molecule has 30 heavy (non-hydrogen) atoms. The van der Waals surface area contributed by atoms with E-state index >= 15 is 0 Å². The minimum atomic E-state index is -4.53. The van der Waals surface area contributed by atoms with Crippen LogP contribution in [0.25, 0.3) is 33.3 Å². The molecule has 3 aromatic rings. The molecule has 154 valence electrons. The molecule has 0 saturated carbocycles. The third kappa shape index (κ3) is 4.09. The molecule has 0 aliphatic heterocycles. The molecule has 2 aliphatic carbocycles. The molecular weight excluding hydrogens is 430 g/mol. The molecular formula is C20H10F6N2OS. The van der Waals surface area contributed by atoms with Crippen molar-refractivity contribution in [2.75, 3.05) is 0 Å². The van der Waals surface area contributed by atoms with Gasteiger partial charge < -0.3 is 4.52 Å². The first-order valence-electron chi connectivity index (χ1n) is 8.40. The van der Waals surface area contributed by atoms with Gasteiger partial charge in [-0.3, -0.25) is 0 Å². The van der Waals surface area contributed by atoms with Gasteiger partial charge in [-0.25, -0.2) is 0 Å². The van der Waals surface area contributed by atoms with Crippen LogP contribution < -0.4 is 0 Å². The number of benzene rings is 2. The molecule has 0 spiro atoms. The first-order chi connectivity index (χ1) is 14.1. The van der Waals surface area contributed by atoms with Crippen molar-refractivity contribution in [2.24, 2.45) is 0 Å². The van der Waals surface area contributed by atoms with Crippen molar-refractivity contribution in [3.05, 3.63) is 71.1 Å². The Labute approximate surface area is 169 Å². The summed E-state index contributed by atoms with van der Waals surface area (Å²) in [6, 6.07) is 14.8. The summed E-state index contributed by atoms with van der Waals surface area (Å²) in [4.78, 5) is 3.11. The molecule has 2 heterocycles. The Morgan fingerprint density at radius 1 is 0.733 bits per heavy atom. The van der Waals surface area contributed by atoms with Gasteiger partial charge in [-0.2, -0.15) is 31.3 Å². The number of halogens is 6. The van der Waals surface area contributed by atoms with Crippen molar-refractivity contribution in [3.63, 3.8) is 0 Å². The number of aromatic nitrogens is 2. The number of rotatable bonds is 2. The van der Waals surface area contributed by atoms with E-state index in [1.165, 1.54) is 23.3 Å². The second-order valence-electron chi connectivity index (χ2n) is 6.24. The maximum absolute atomic E-state index is 12.7. The maximum Gasteiger partial charge on any atom is 0.425 e. The maximum atomic E-state index is 12.7. The van der Waals surface area contributed by atoms with Crippen LogP contribution in [0.1, 0.15) is 10.4 Å². The van der Waals surface area contributed by atoms with E-state index in [0.29, 0.717) is 11.3 Å². The van der Waals surface area contributed by atoms with Gasteiger partial charge in [0.05, 0.1) is 10.4 Å². The first-order valence-corrected chi connectivity index (χ1v) is 9.22. The average molecular weight is 440 g/mol. The number of thiophene rings is 1. The molecule has 0 radical (unpaired) electrons.